The van der Waals surface area contributed by atoms with Gasteiger partial charge in [-0.25, -0.2) is 4.98 Å². The Balaban J connectivity index is 2.24. The summed E-state index contributed by atoms with van der Waals surface area (Å²) in [6.07, 6.45) is 1.69. The zero-order valence-corrected chi connectivity index (χ0v) is 12.5. The van der Waals surface area contributed by atoms with E-state index in [1.54, 1.807) is 20.4 Å². The van der Waals surface area contributed by atoms with Gasteiger partial charge in [-0.05, 0) is 30.3 Å². The predicted octanol–water partition coefficient (Wildman–Crippen LogP) is 3.39. The number of methoxy groups -OCH3 is 2. The lowest BCUT2D eigenvalue weighted by Gasteiger charge is -2.21. The molecule has 5 heteroatoms. The lowest BCUT2D eigenvalue weighted by Crippen LogP contribution is -2.17. The van der Waals surface area contributed by atoms with Crippen molar-refractivity contribution in [3.63, 3.8) is 0 Å². The summed E-state index contributed by atoms with van der Waals surface area (Å²) < 4.78 is 10.6. The third-order valence-electron chi connectivity index (χ3n) is 3.05. The molecule has 0 atom stereocenters. The van der Waals surface area contributed by atoms with Crippen LogP contribution in [0.3, 0.4) is 0 Å². The first kappa shape index (κ1) is 14.5. The summed E-state index contributed by atoms with van der Waals surface area (Å²) in [5, 5.41) is 0.479. The highest BCUT2D eigenvalue weighted by Gasteiger charge is 2.09. The first-order valence-corrected chi connectivity index (χ1v) is 6.55. The average molecular weight is 293 g/mol. The van der Waals surface area contributed by atoms with E-state index in [-0.39, 0.29) is 0 Å². The minimum Gasteiger partial charge on any atom is -0.497 e. The zero-order valence-electron chi connectivity index (χ0n) is 11.8. The van der Waals surface area contributed by atoms with Crippen LogP contribution in [0.4, 0.5) is 5.69 Å². The van der Waals surface area contributed by atoms with Gasteiger partial charge in [0.25, 0.3) is 0 Å². The van der Waals surface area contributed by atoms with Crippen LogP contribution < -0.4 is 14.4 Å². The van der Waals surface area contributed by atoms with Crippen molar-refractivity contribution in [1.82, 2.24) is 4.98 Å². The normalized spacial score (nSPS) is 10.2. The molecule has 0 saturated carbocycles. The highest BCUT2D eigenvalue weighted by Crippen LogP contribution is 2.27. The third kappa shape index (κ3) is 3.33. The lowest BCUT2D eigenvalue weighted by atomic mass is 10.1. The molecule has 0 spiro atoms. The molecule has 0 N–H and O–H groups in total. The van der Waals surface area contributed by atoms with Gasteiger partial charge in [0.05, 0.1) is 14.2 Å². The second-order valence-electron chi connectivity index (χ2n) is 4.37. The van der Waals surface area contributed by atoms with Crippen molar-refractivity contribution in [3.8, 4) is 11.5 Å². The Morgan fingerprint density at radius 3 is 2.60 bits per heavy atom. The molecular weight excluding hydrogens is 276 g/mol. The van der Waals surface area contributed by atoms with Gasteiger partial charge in [-0.1, -0.05) is 11.6 Å². The lowest BCUT2D eigenvalue weighted by molar-refractivity contribution is 0.398. The molecule has 1 aromatic heterocycles. The number of benzene rings is 1. The van der Waals surface area contributed by atoms with E-state index in [0.717, 1.165) is 22.7 Å². The van der Waals surface area contributed by atoms with Crippen LogP contribution in [0.25, 0.3) is 0 Å². The van der Waals surface area contributed by atoms with Gasteiger partial charge in [-0.15, -0.1) is 0 Å². The number of hydrogen-bond acceptors (Lipinski definition) is 4. The Morgan fingerprint density at radius 1 is 1.15 bits per heavy atom. The largest absolute Gasteiger partial charge is 0.497 e. The van der Waals surface area contributed by atoms with Crippen LogP contribution in [0.5, 0.6) is 11.5 Å². The topological polar surface area (TPSA) is 34.6 Å². The quantitative estimate of drug-likeness (QED) is 0.791. The molecule has 0 aliphatic heterocycles. The molecule has 20 heavy (non-hydrogen) atoms. The SMILES string of the molecule is COc1ccc(OC)c(CN(C)c2ccnc(Cl)c2)c1. The molecule has 0 bridgehead atoms. The van der Waals surface area contributed by atoms with E-state index < -0.39 is 0 Å². The molecular formula is C15H17ClN2O2. The molecule has 2 rings (SSSR count). The van der Waals surface area contributed by atoms with Gasteiger partial charge in [0.15, 0.2) is 0 Å². The third-order valence-corrected chi connectivity index (χ3v) is 3.25. The van der Waals surface area contributed by atoms with Crippen LogP contribution in [0, 0.1) is 0 Å². The van der Waals surface area contributed by atoms with Gasteiger partial charge < -0.3 is 14.4 Å². The number of nitrogens with zero attached hydrogens (tertiary/aromatic N) is 2. The number of rotatable bonds is 5. The standard InChI is InChI=1S/C15H17ClN2O2/c1-18(12-6-7-17-15(16)9-12)10-11-8-13(19-2)4-5-14(11)20-3/h4-9H,10H2,1-3H3. The van der Waals surface area contributed by atoms with Crippen LogP contribution in [-0.4, -0.2) is 26.3 Å². The maximum Gasteiger partial charge on any atom is 0.131 e. The molecule has 0 amide bonds. The number of aromatic nitrogens is 1. The van der Waals surface area contributed by atoms with Crippen LogP contribution in [0.1, 0.15) is 5.56 Å². The Kier molecular flexibility index (Phi) is 4.69. The van der Waals surface area contributed by atoms with Crippen LogP contribution in [0.15, 0.2) is 36.5 Å². The predicted molar refractivity (Wildman–Crippen MR) is 80.9 cm³/mol. The number of ether oxygens (including phenoxy) is 2. The second-order valence-corrected chi connectivity index (χ2v) is 4.76. The highest BCUT2D eigenvalue weighted by atomic mass is 35.5. The maximum atomic E-state index is 5.92. The van der Waals surface area contributed by atoms with Crippen molar-refractivity contribution in [2.75, 3.05) is 26.2 Å². The molecule has 0 saturated heterocycles. The van der Waals surface area contributed by atoms with Gasteiger partial charge in [-0.2, -0.15) is 0 Å². The molecule has 1 aromatic carbocycles. The number of pyridine rings is 1. The number of halogens is 1. The van der Waals surface area contributed by atoms with Crippen LogP contribution in [-0.2, 0) is 6.54 Å². The van der Waals surface area contributed by atoms with Gasteiger partial charge in [-0.3, -0.25) is 0 Å². The number of hydrogen-bond donors (Lipinski definition) is 0. The number of anilines is 1. The first-order chi connectivity index (χ1) is 9.63. The van der Waals surface area contributed by atoms with Gasteiger partial charge in [0.2, 0.25) is 0 Å². The fourth-order valence-corrected chi connectivity index (χ4v) is 2.15. The van der Waals surface area contributed by atoms with Gasteiger partial charge in [0.1, 0.15) is 16.7 Å². The van der Waals surface area contributed by atoms with E-state index in [1.807, 2.05) is 37.4 Å². The van der Waals surface area contributed by atoms with Crippen LogP contribution in [0.2, 0.25) is 5.15 Å². The maximum absolute atomic E-state index is 5.92. The van der Waals surface area contributed by atoms with Crippen LogP contribution >= 0.6 is 11.6 Å². The highest BCUT2D eigenvalue weighted by molar-refractivity contribution is 6.29. The summed E-state index contributed by atoms with van der Waals surface area (Å²) in [5.74, 6) is 1.64. The van der Waals surface area contributed by atoms with Crippen molar-refractivity contribution in [2.24, 2.45) is 0 Å². The minimum atomic E-state index is 0.479. The second kappa shape index (κ2) is 6.48. The molecule has 0 radical (unpaired) electrons. The summed E-state index contributed by atoms with van der Waals surface area (Å²) in [4.78, 5) is 6.06. The smallest absolute Gasteiger partial charge is 0.131 e. The van der Waals surface area contributed by atoms with Crippen molar-refractivity contribution in [1.29, 1.82) is 0 Å². The van der Waals surface area contributed by atoms with E-state index in [2.05, 4.69) is 9.88 Å². The molecule has 1 heterocycles. The Labute approximate surface area is 123 Å². The minimum absolute atomic E-state index is 0.479. The molecule has 0 unspecified atom stereocenters. The summed E-state index contributed by atoms with van der Waals surface area (Å²) in [6.45, 7) is 0.681. The molecule has 4 nitrogen and oxygen atoms in total. The van der Waals surface area contributed by atoms with E-state index in [0.29, 0.717) is 11.7 Å². The van der Waals surface area contributed by atoms with Crippen molar-refractivity contribution >= 4 is 17.3 Å². The van der Waals surface area contributed by atoms with E-state index in [1.165, 1.54) is 0 Å². The van der Waals surface area contributed by atoms with Crippen molar-refractivity contribution < 1.29 is 9.47 Å². The Bertz CT molecular complexity index is 590. The average Bonchev–Trinajstić information content (AvgIpc) is 2.47. The summed E-state index contributed by atoms with van der Waals surface area (Å²) in [5.41, 5.74) is 2.04. The fourth-order valence-electron chi connectivity index (χ4n) is 1.98. The van der Waals surface area contributed by atoms with Crippen molar-refractivity contribution in [3.05, 3.63) is 47.2 Å². The molecule has 0 fully saturated rings. The fraction of sp³-hybridized carbons (Fsp3) is 0.267. The molecule has 0 aliphatic carbocycles. The van der Waals surface area contributed by atoms with E-state index in [4.69, 9.17) is 21.1 Å². The van der Waals surface area contributed by atoms with E-state index in [9.17, 15) is 0 Å². The Morgan fingerprint density at radius 2 is 1.95 bits per heavy atom. The van der Waals surface area contributed by atoms with Gasteiger partial charge >= 0.3 is 0 Å². The summed E-state index contributed by atoms with van der Waals surface area (Å²) in [6, 6.07) is 9.50. The molecule has 106 valence electrons. The summed E-state index contributed by atoms with van der Waals surface area (Å²) in [7, 11) is 5.30. The monoisotopic (exact) mass is 292 g/mol. The Hall–Kier alpha value is -1.94. The van der Waals surface area contributed by atoms with Crippen molar-refractivity contribution in [2.45, 2.75) is 6.54 Å². The first-order valence-electron chi connectivity index (χ1n) is 6.17. The molecule has 0 aliphatic rings. The van der Waals surface area contributed by atoms with Gasteiger partial charge in [0, 0.05) is 31.0 Å². The van der Waals surface area contributed by atoms with E-state index >= 15 is 0 Å². The molecule has 2 aromatic rings. The zero-order chi connectivity index (χ0) is 14.5. The summed E-state index contributed by atoms with van der Waals surface area (Å²) >= 11 is 5.92.